The van der Waals surface area contributed by atoms with Crippen LogP contribution in [0.1, 0.15) is 25.1 Å². The number of aryl methyl sites for hydroxylation is 1. The summed E-state index contributed by atoms with van der Waals surface area (Å²) < 4.78 is 0.891. The van der Waals surface area contributed by atoms with Gasteiger partial charge in [-0.05, 0) is 48.3 Å². The van der Waals surface area contributed by atoms with Crippen LogP contribution in [0, 0.1) is 6.92 Å². The van der Waals surface area contributed by atoms with Gasteiger partial charge >= 0.3 is 5.97 Å². The number of hydrogen-bond donors (Lipinski definition) is 1. The maximum absolute atomic E-state index is 11.0. The molecule has 0 bridgehead atoms. The normalized spacial score (nSPS) is 11.4. The van der Waals surface area contributed by atoms with E-state index in [1.54, 1.807) is 26.1 Å². The van der Waals surface area contributed by atoms with Crippen molar-refractivity contribution in [3.63, 3.8) is 0 Å². The van der Waals surface area contributed by atoms with Crippen molar-refractivity contribution in [2.45, 2.75) is 26.2 Å². The van der Waals surface area contributed by atoms with Gasteiger partial charge < -0.3 is 5.11 Å². The average molecular weight is 258 g/mol. The third kappa shape index (κ3) is 1.95. The number of aliphatic carboxylic acids is 1. The molecule has 0 radical (unpaired) electrons. The highest BCUT2D eigenvalue weighted by atomic mass is 79.9. The summed E-state index contributed by atoms with van der Waals surface area (Å²) in [6, 6.07) is 1.79. The number of halogens is 1. The Labute approximate surface area is 91.3 Å². The Bertz CT molecular complexity index is 374. The molecule has 0 aliphatic rings. The zero-order valence-electron chi connectivity index (χ0n) is 8.34. The van der Waals surface area contributed by atoms with Gasteiger partial charge in [-0.1, -0.05) is 0 Å². The highest BCUT2D eigenvalue weighted by Gasteiger charge is 2.31. The first kappa shape index (κ1) is 11.2. The number of rotatable bonds is 2. The van der Waals surface area contributed by atoms with E-state index in [-0.39, 0.29) is 0 Å². The van der Waals surface area contributed by atoms with Crippen LogP contribution in [0.3, 0.4) is 0 Å². The smallest absolute Gasteiger partial charge is 0.315 e. The minimum atomic E-state index is -0.939. The van der Waals surface area contributed by atoms with E-state index in [4.69, 9.17) is 5.11 Å². The fourth-order valence-electron chi connectivity index (χ4n) is 0.991. The lowest BCUT2D eigenvalue weighted by Gasteiger charge is -2.18. The lowest BCUT2D eigenvalue weighted by Crippen LogP contribution is -2.29. The van der Waals surface area contributed by atoms with Crippen LogP contribution in [0.15, 0.2) is 16.7 Å². The summed E-state index contributed by atoms with van der Waals surface area (Å²) in [5.41, 5.74) is 0.626. The van der Waals surface area contributed by atoms with Gasteiger partial charge in [-0.25, -0.2) is 0 Å². The Hall–Kier alpha value is -0.900. The van der Waals surface area contributed by atoms with Gasteiger partial charge in [0.1, 0.15) is 5.41 Å². The van der Waals surface area contributed by atoms with E-state index in [0.29, 0.717) is 5.69 Å². The molecule has 1 rings (SSSR count). The summed E-state index contributed by atoms with van der Waals surface area (Å²) in [4.78, 5) is 15.1. The molecular weight excluding hydrogens is 246 g/mol. The number of carboxylic acid groups (broad SMARTS) is 1. The zero-order valence-corrected chi connectivity index (χ0v) is 9.92. The fourth-order valence-corrected chi connectivity index (χ4v) is 1.21. The molecule has 1 aromatic rings. The average Bonchev–Trinajstić information content (AvgIpc) is 2.09. The van der Waals surface area contributed by atoms with Crippen LogP contribution in [-0.4, -0.2) is 16.1 Å². The number of carbonyl (C=O) groups is 1. The molecule has 0 saturated carbocycles. The van der Waals surface area contributed by atoms with Gasteiger partial charge in [-0.15, -0.1) is 0 Å². The molecule has 0 saturated heterocycles. The van der Waals surface area contributed by atoms with E-state index in [1.807, 2.05) is 6.92 Å². The first-order chi connectivity index (χ1) is 6.35. The van der Waals surface area contributed by atoms with Crippen LogP contribution in [0.25, 0.3) is 0 Å². The van der Waals surface area contributed by atoms with Gasteiger partial charge in [0.2, 0.25) is 0 Å². The third-order valence-electron chi connectivity index (χ3n) is 2.22. The standard InChI is InChI=1S/C10H12BrNO2/c1-6-4-8(12-5-7(6)11)10(2,3)9(13)14/h4-5H,1-3H3,(H,13,14). The molecule has 0 atom stereocenters. The Kier molecular flexibility index (Phi) is 2.95. The monoisotopic (exact) mass is 257 g/mol. The van der Waals surface area contributed by atoms with Crippen LogP contribution in [-0.2, 0) is 10.2 Å². The number of hydrogen-bond acceptors (Lipinski definition) is 2. The molecule has 0 spiro atoms. The Morgan fingerprint density at radius 2 is 2.14 bits per heavy atom. The summed E-state index contributed by atoms with van der Waals surface area (Å²) >= 11 is 3.32. The maximum atomic E-state index is 11.0. The van der Waals surface area contributed by atoms with Crippen molar-refractivity contribution < 1.29 is 9.90 Å². The molecule has 0 fully saturated rings. The fraction of sp³-hybridized carbons (Fsp3) is 0.400. The van der Waals surface area contributed by atoms with Crippen LogP contribution in [0.4, 0.5) is 0 Å². The van der Waals surface area contributed by atoms with Gasteiger partial charge in [0.15, 0.2) is 0 Å². The van der Waals surface area contributed by atoms with Crippen molar-refractivity contribution in [3.05, 3.63) is 28.0 Å². The topological polar surface area (TPSA) is 50.2 Å². The lowest BCUT2D eigenvalue weighted by atomic mass is 9.88. The summed E-state index contributed by atoms with van der Waals surface area (Å²) in [6.45, 7) is 5.20. The van der Waals surface area contributed by atoms with Gasteiger partial charge in [0.25, 0.3) is 0 Å². The maximum Gasteiger partial charge on any atom is 0.315 e. The molecule has 76 valence electrons. The van der Waals surface area contributed by atoms with E-state index in [9.17, 15) is 4.79 Å². The Balaban J connectivity index is 3.21. The molecule has 3 nitrogen and oxygen atoms in total. The summed E-state index contributed by atoms with van der Waals surface area (Å²) in [5.74, 6) is -0.869. The summed E-state index contributed by atoms with van der Waals surface area (Å²) in [6.07, 6.45) is 1.63. The third-order valence-corrected chi connectivity index (χ3v) is 3.05. The molecular formula is C10H12BrNO2. The Morgan fingerprint density at radius 3 is 2.57 bits per heavy atom. The molecule has 0 aliphatic heterocycles. The predicted molar refractivity (Wildman–Crippen MR) is 57.3 cm³/mol. The first-order valence-electron chi connectivity index (χ1n) is 4.21. The molecule has 0 unspecified atom stereocenters. The second-order valence-corrected chi connectivity index (χ2v) is 4.60. The van der Waals surface area contributed by atoms with E-state index >= 15 is 0 Å². The van der Waals surface area contributed by atoms with Gasteiger partial charge in [0, 0.05) is 10.7 Å². The van der Waals surface area contributed by atoms with Crippen molar-refractivity contribution in [1.82, 2.24) is 4.98 Å². The second kappa shape index (κ2) is 3.69. The van der Waals surface area contributed by atoms with Crippen molar-refractivity contribution >= 4 is 21.9 Å². The second-order valence-electron chi connectivity index (χ2n) is 3.75. The van der Waals surface area contributed by atoms with Crippen molar-refractivity contribution in [2.24, 2.45) is 0 Å². The van der Waals surface area contributed by atoms with Gasteiger partial charge in [-0.3, -0.25) is 9.78 Å². The molecule has 1 aromatic heterocycles. The molecule has 4 heteroatoms. The van der Waals surface area contributed by atoms with Crippen LogP contribution < -0.4 is 0 Å². The minimum absolute atomic E-state index is 0.575. The van der Waals surface area contributed by atoms with Crippen molar-refractivity contribution in [1.29, 1.82) is 0 Å². The SMILES string of the molecule is Cc1cc(C(C)(C)C(=O)O)ncc1Br. The van der Waals surface area contributed by atoms with Crippen molar-refractivity contribution in [3.8, 4) is 0 Å². The highest BCUT2D eigenvalue weighted by molar-refractivity contribution is 9.10. The number of carboxylic acids is 1. The molecule has 0 amide bonds. The van der Waals surface area contributed by atoms with Crippen LogP contribution in [0.5, 0.6) is 0 Å². The van der Waals surface area contributed by atoms with Gasteiger partial charge in [0.05, 0.1) is 5.69 Å². The molecule has 0 aliphatic carbocycles. The molecule has 14 heavy (non-hydrogen) atoms. The minimum Gasteiger partial charge on any atom is -0.481 e. The predicted octanol–water partition coefficient (Wildman–Crippen LogP) is 2.51. The molecule has 0 aromatic carbocycles. The van der Waals surface area contributed by atoms with E-state index in [1.165, 1.54) is 0 Å². The summed E-state index contributed by atoms with van der Waals surface area (Å²) in [7, 11) is 0. The van der Waals surface area contributed by atoms with Gasteiger partial charge in [-0.2, -0.15) is 0 Å². The largest absolute Gasteiger partial charge is 0.481 e. The lowest BCUT2D eigenvalue weighted by molar-refractivity contribution is -0.142. The highest BCUT2D eigenvalue weighted by Crippen LogP contribution is 2.24. The Morgan fingerprint density at radius 1 is 1.57 bits per heavy atom. The number of pyridine rings is 1. The quantitative estimate of drug-likeness (QED) is 0.886. The first-order valence-corrected chi connectivity index (χ1v) is 5.01. The van der Waals surface area contributed by atoms with Crippen molar-refractivity contribution in [2.75, 3.05) is 0 Å². The van der Waals surface area contributed by atoms with E-state index < -0.39 is 11.4 Å². The summed E-state index contributed by atoms with van der Waals surface area (Å²) in [5, 5.41) is 9.00. The van der Waals surface area contributed by atoms with Crippen LogP contribution >= 0.6 is 15.9 Å². The zero-order chi connectivity index (χ0) is 10.9. The molecule has 1 heterocycles. The van der Waals surface area contributed by atoms with Crippen LogP contribution in [0.2, 0.25) is 0 Å². The van der Waals surface area contributed by atoms with E-state index in [0.717, 1.165) is 10.0 Å². The number of nitrogens with zero attached hydrogens (tertiary/aromatic N) is 1. The number of aromatic nitrogens is 1. The van der Waals surface area contributed by atoms with E-state index in [2.05, 4.69) is 20.9 Å². The molecule has 1 N–H and O–H groups in total.